The Morgan fingerprint density at radius 1 is 1.89 bits per heavy atom. The summed E-state index contributed by atoms with van der Waals surface area (Å²) in [5, 5.41) is 11.2. The van der Waals surface area contributed by atoms with E-state index < -0.39 is 11.5 Å². The Morgan fingerprint density at radius 3 is 2.33 bits per heavy atom. The molecule has 9 heavy (non-hydrogen) atoms. The summed E-state index contributed by atoms with van der Waals surface area (Å²) < 4.78 is 0. The molecule has 0 aromatic carbocycles. The number of carboxylic acids is 1. The van der Waals surface area contributed by atoms with E-state index in [1.54, 1.807) is 14.0 Å². The lowest BCUT2D eigenvalue weighted by Gasteiger charge is -2.20. The first-order chi connectivity index (χ1) is 4.06. The van der Waals surface area contributed by atoms with Crippen LogP contribution in [-0.2, 0) is 4.79 Å². The number of nitrogens with one attached hydrogen (secondary N) is 1. The molecule has 0 aliphatic rings. The molecular formula is C5H11NO2S. The van der Waals surface area contributed by atoms with Crippen LogP contribution in [0.5, 0.6) is 0 Å². The zero-order valence-corrected chi connectivity index (χ0v) is 6.40. The third-order valence-corrected chi connectivity index (χ3v) is 1.97. The molecule has 0 saturated heterocycles. The normalized spacial score (nSPS) is 16.8. The van der Waals surface area contributed by atoms with Crippen molar-refractivity contribution in [2.75, 3.05) is 12.8 Å². The predicted molar refractivity (Wildman–Crippen MR) is 39.0 cm³/mol. The average Bonchev–Trinajstić information content (AvgIpc) is 1.86. The third kappa shape index (κ3) is 1.87. The minimum Gasteiger partial charge on any atom is -0.480 e. The Hall–Kier alpha value is -0.220. The van der Waals surface area contributed by atoms with Crippen molar-refractivity contribution in [3.63, 3.8) is 0 Å². The minimum atomic E-state index is -0.886. The largest absolute Gasteiger partial charge is 0.480 e. The van der Waals surface area contributed by atoms with Gasteiger partial charge in [-0.25, -0.2) is 0 Å². The molecule has 0 spiro atoms. The lowest BCUT2D eigenvalue weighted by Crippen LogP contribution is -2.49. The van der Waals surface area contributed by atoms with Gasteiger partial charge in [0.15, 0.2) is 0 Å². The van der Waals surface area contributed by atoms with E-state index in [-0.39, 0.29) is 0 Å². The lowest BCUT2D eigenvalue weighted by atomic mass is 10.1. The van der Waals surface area contributed by atoms with Crippen LogP contribution < -0.4 is 5.32 Å². The van der Waals surface area contributed by atoms with Gasteiger partial charge in [-0.15, -0.1) is 0 Å². The number of rotatable bonds is 3. The van der Waals surface area contributed by atoms with Crippen molar-refractivity contribution in [2.45, 2.75) is 12.5 Å². The highest BCUT2D eigenvalue weighted by Crippen LogP contribution is 2.03. The summed E-state index contributed by atoms with van der Waals surface area (Å²) in [6.45, 7) is 1.59. The Kier molecular flexibility index (Phi) is 3.00. The van der Waals surface area contributed by atoms with E-state index in [4.69, 9.17) is 5.11 Å². The highest BCUT2D eigenvalue weighted by Gasteiger charge is 2.28. The molecule has 0 fully saturated rings. The SMILES string of the molecule is CNC(C)(CS)C(=O)O. The van der Waals surface area contributed by atoms with Crippen molar-refractivity contribution in [2.24, 2.45) is 0 Å². The van der Waals surface area contributed by atoms with Crippen molar-refractivity contribution < 1.29 is 9.90 Å². The Bertz CT molecular complexity index is 112. The molecule has 0 aromatic rings. The molecule has 54 valence electrons. The second kappa shape index (κ2) is 3.08. The summed E-state index contributed by atoms with van der Waals surface area (Å²) in [4.78, 5) is 10.4. The van der Waals surface area contributed by atoms with Crippen LogP contribution in [0.25, 0.3) is 0 Å². The van der Waals surface area contributed by atoms with Crippen LogP contribution in [0.2, 0.25) is 0 Å². The van der Waals surface area contributed by atoms with Gasteiger partial charge in [-0.05, 0) is 14.0 Å². The molecule has 0 amide bonds. The number of carboxylic acid groups (broad SMARTS) is 1. The lowest BCUT2D eigenvalue weighted by molar-refractivity contribution is -0.142. The van der Waals surface area contributed by atoms with E-state index in [1.165, 1.54) is 0 Å². The van der Waals surface area contributed by atoms with Gasteiger partial charge in [0, 0.05) is 5.75 Å². The van der Waals surface area contributed by atoms with Gasteiger partial charge >= 0.3 is 5.97 Å². The molecular weight excluding hydrogens is 138 g/mol. The Labute approximate surface area is 59.9 Å². The Balaban J connectivity index is 4.09. The summed E-state index contributed by atoms with van der Waals surface area (Å²) in [6.07, 6.45) is 0. The van der Waals surface area contributed by atoms with E-state index in [0.29, 0.717) is 5.75 Å². The molecule has 0 aromatic heterocycles. The summed E-state index contributed by atoms with van der Waals surface area (Å²) in [6, 6.07) is 0. The number of aliphatic carboxylic acids is 1. The zero-order chi connectivity index (χ0) is 7.49. The second-order valence-electron chi connectivity index (χ2n) is 2.05. The van der Waals surface area contributed by atoms with Crippen LogP contribution in [0.15, 0.2) is 0 Å². The molecule has 2 N–H and O–H groups in total. The fourth-order valence-electron chi connectivity index (χ4n) is 0.254. The van der Waals surface area contributed by atoms with Gasteiger partial charge in [0.05, 0.1) is 0 Å². The fourth-order valence-corrected chi connectivity index (χ4v) is 0.547. The summed E-state index contributed by atoms with van der Waals surface area (Å²) in [5.41, 5.74) is -0.886. The molecule has 0 radical (unpaired) electrons. The van der Waals surface area contributed by atoms with Crippen LogP contribution in [0.4, 0.5) is 0 Å². The molecule has 0 aliphatic heterocycles. The monoisotopic (exact) mass is 149 g/mol. The molecule has 0 rings (SSSR count). The second-order valence-corrected chi connectivity index (χ2v) is 2.36. The number of hydrogen-bond acceptors (Lipinski definition) is 3. The van der Waals surface area contributed by atoms with Crippen molar-refractivity contribution in [1.29, 1.82) is 0 Å². The summed E-state index contributed by atoms with van der Waals surface area (Å²) >= 11 is 3.88. The number of likely N-dealkylation sites (N-methyl/N-ethyl adjacent to an activating group) is 1. The standard InChI is InChI=1S/C5H11NO2S/c1-5(3-9,6-2)4(7)8/h6,9H,3H2,1-2H3,(H,7,8). The van der Waals surface area contributed by atoms with E-state index in [2.05, 4.69) is 17.9 Å². The van der Waals surface area contributed by atoms with Crippen molar-refractivity contribution in [3.8, 4) is 0 Å². The number of hydrogen-bond donors (Lipinski definition) is 3. The Morgan fingerprint density at radius 2 is 2.33 bits per heavy atom. The third-order valence-electron chi connectivity index (χ3n) is 1.34. The maximum absolute atomic E-state index is 10.4. The molecule has 0 bridgehead atoms. The van der Waals surface area contributed by atoms with Crippen LogP contribution in [0, 0.1) is 0 Å². The molecule has 0 saturated carbocycles. The van der Waals surface area contributed by atoms with Crippen LogP contribution >= 0.6 is 12.6 Å². The van der Waals surface area contributed by atoms with Gasteiger partial charge < -0.3 is 10.4 Å². The van der Waals surface area contributed by atoms with Gasteiger partial charge in [0.1, 0.15) is 5.54 Å². The van der Waals surface area contributed by atoms with Crippen molar-refractivity contribution >= 4 is 18.6 Å². The fraction of sp³-hybridized carbons (Fsp3) is 0.800. The minimum absolute atomic E-state index is 0.291. The van der Waals surface area contributed by atoms with Crippen molar-refractivity contribution in [3.05, 3.63) is 0 Å². The van der Waals surface area contributed by atoms with Crippen LogP contribution in [-0.4, -0.2) is 29.4 Å². The van der Waals surface area contributed by atoms with Gasteiger partial charge in [-0.3, -0.25) is 4.79 Å². The quantitative estimate of drug-likeness (QED) is 0.494. The van der Waals surface area contributed by atoms with Gasteiger partial charge in [0.2, 0.25) is 0 Å². The highest BCUT2D eigenvalue weighted by atomic mass is 32.1. The topological polar surface area (TPSA) is 49.3 Å². The first kappa shape index (κ1) is 8.78. The van der Waals surface area contributed by atoms with Crippen molar-refractivity contribution in [1.82, 2.24) is 5.32 Å². The van der Waals surface area contributed by atoms with E-state index in [0.717, 1.165) is 0 Å². The van der Waals surface area contributed by atoms with E-state index >= 15 is 0 Å². The predicted octanol–water partition coefficient (Wildman–Crippen LogP) is -0.0211. The first-order valence-electron chi connectivity index (χ1n) is 2.60. The van der Waals surface area contributed by atoms with Gasteiger partial charge in [-0.1, -0.05) is 0 Å². The van der Waals surface area contributed by atoms with Crippen LogP contribution in [0.1, 0.15) is 6.92 Å². The zero-order valence-electron chi connectivity index (χ0n) is 5.51. The van der Waals surface area contributed by atoms with E-state index in [1.807, 2.05) is 0 Å². The summed E-state index contributed by atoms with van der Waals surface area (Å²) in [5.74, 6) is -0.584. The maximum atomic E-state index is 10.4. The molecule has 0 aliphatic carbocycles. The van der Waals surface area contributed by atoms with Crippen LogP contribution in [0.3, 0.4) is 0 Å². The molecule has 4 heteroatoms. The van der Waals surface area contributed by atoms with Gasteiger partial charge in [0.25, 0.3) is 0 Å². The molecule has 1 atom stereocenters. The molecule has 1 unspecified atom stereocenters. The molecule has 3 nitrogen and oxygen atoms in total. The average molecular weight is 149 g/mol. The highest BCUT2D eigenvalue weighted by molar-refractivity contribution is 7.80. The van der Waals surface area contributed by atoms with Gasteiger partial charge in [-0.2, -0.15) is 12.6 Å². The first-order valence-corrected chi connectivity index (χ1v) is 3.23. The summed E-state index contributed by atoms with van der Waals surface area (Å²) in [7, 11) is 1.60. The number of carbonyl (C=O) groups is 1. The maximum Gasteiger partial charge on any atom is 0.324 e. The number of thiol groups is 1. The van der Waals surface area contributed by atoms with E-state index in [9.17, 15) is 4.79 Å². The smallest absolute Gasteiger partial charge is 0.324 e. The molecule has 0 heterocycles.